The normalized spacial score (nSPS) is 12.0. The van der Waals surface area contributed by atoms with Gasteiger partial charge in [-0.3, -0.25) is 0 Å². The first kappa shape index (κ1) is 13.9. The highest BCUT2D eigenvalue weighted by molar-refractivity contribution is 6.29. The molecule has 0 aromatic carbocycles. The first-order valence-electron chi connectivity index (χ1n) is 5.62. The third-order valence-corrected chi connectivity index (χ3v) is 2.61. The molecule has 2 heterocycles. The lowest BCUT2D eigenvalue weighted by Crippen LogP contribution is -2.10. The number of aromatic nitrogens is 4. The van der Waals surface area contributed by atoms with Crippen molar-refractivity contribution in [2.45, 2.75) is 25.4 Å². The lowest BCUT2D eigenvalue weighted by molar-refractivity contribution is -0.135. The lowest BCUT2D eigenvalue weighted by atomic mass is 10.2. The number of anilines is 1. The van der Waals surface area contributed by atoms with Crippen molar-refractivity contribution in [1.82, 2.24) is 19.6 Å². The summed E-state index contributed by atoms with van der Waals surface area (Å²) in [5.74, 6) is 0.893. The van der Waals surface area contributed by atoms with Crippen LogP contribution in [0.3, 0.4) is 0 Å². The fourth-order valence-corrected chi connectivity index (χ4v) is 1.76. The van der Waals surface area contributed by atoms with Crippen LogP contribution in [0.25, 0.3) is 5.78 Å². The van der Waals surface area contributed by atoms with Crippen molar-refractivity contribution in [1.29, 1.82) is 0 Å². The molecule has 9 heteroatoms. The second-order valence-corrected chi connectivity index (χ2v) is 4.32. The fraction of sp³-hybridized carbons (Fsp3) is 0.500. The first-order valence-corrected chi connectivity index (χ1v) is 6.00. The van der Waals surface area contributed by atoms with Crippen LogP contribution in [0.4, 0.5) is 19.0 Å². The van der Waals surface area contributed by atoms with Crippen molar-refractivity contribution in [2.24, 2.45) is 0 Å². The van der Waals surface area contributed by atoms with Gasteiger partial charge in [0.05, 0.1) is 0 Å². The number of nitrogens with zero attached hydrogens (tertiary/aromatic N) is 4. The molecule has 2 aromatic rings. The van der Waals surface area contributed by atoms with Crippen LogP contribution in [0.1, 0.15) is 19.3 Å². The van der Waals surface area contributed by atoms with Crippen molar-refractivity contribution >= 4 is 23.2 Å². The fourth-order valence-electron chi connectivity index (χ4n) is 1.58. The lowest BCUT2D eigenvalue weighted by Gasteiger charge is -2.09. The van der Waals surface area contributed by atoms with Crippen LogP contribution in [0.15, 0.2) is 12.4 Å². The molecule has 2 aromatic heterocycles. The summed E-state index contributed by atoms with van der Waals surface area (Å²) in [7, 11) is 0. The van der Waals surface area contributed by atoms with Crippen LogP contribution in [-0.2, 0) is 0 Å². The minimum Gasteiger partial charge on any atom is -0.370 e. The number of fused-ring (bicyclic) bond motifs is 1. The van der Waals surface area contributed by atoms with Gasteiger partial charge < -0.3 is 5.32 Å². The zero-order valence-electron chi connectivity index (χ0n) is 9.78. The van der Waals surface area contributed by atoms with Crippen LogP contribution in [0.5, 0.6) is 0 Å². The van der Waals surface area contributed by atoms with Gasteiger partial charge in [-0.15, -0.1) is 0 Å². The summed E-state index contributed by atoms with van der Waals surface area (Å²) in [6, 6.07) is 1.55. The summed E-state index contributed by atoms with van der Waals surface area (Å²) < 4.78 is 37.3. The summed E-state index contributed by atoms with van der Waals surface area (Å²) in [5, 5.41) is 7.16. The van der Waals surface area contributed by atoms with Crippen molar-refractivity contribution in [2.75, 3.05) is 11.9 Å². The van der Waals surface area contributed by atoms with Gasteiger partial charge >= 0.3 is 6.18 Å². The van der Waals surface area contributed by atoms with E-state index in [1.807, 2.05) is 0 Å². The predicted molar refractivity (Wildman–Crippen MR) is 64.2 cm³/mol. The van der Waals surface area contributed by atoms with Gasteiger partial charge in [-0.2, -0.15) is 32.8 Å². The van der Waals surface area contributed by atoms with Crippen LogP contribution < -0.4 is 5.32 Å². The Balaban J connectivity index is 1.89. The largest absolute Gasteiger partial charge is 0.389 e. The standard InChI is InChI=1S/C10H11ClF3N5/c11-7-5-8(19-9(18-7)16-6-17-19)15-4-2-1-3-10(12,13)14/h5-6,15H,1-4H2. The van der Waals surface area contributed by atoms with E-state index in [1.165, 1.54) is 10.8 Å². The third-order valence-electron chi connectivity index (χ3n) is 2.41. The Morgan fingerprint density at radius 2 is 2.11 bits per heavy atom. The third kappa shape index (κ3) is 3.95. The Hall–Kier alpha value is -1.57. The molecule has 0 spiro atoms. The maximum Gasteiger partial charge on any atom is 0.389 e. The van der Waals surface area contributed by atoms with E-state index in [-0.39, 0.29) is 11.6 Å². The summed E-state index contributed by atoms with van der Waals surface area (Å²) in [5.41, 5.74) is 0. The van der Waals surface area contributed by atoms with Crippen molar-refractivity contribution in [3.63, 3.8) is 0 Å². The molecule has 0 aliphatic heterocycles. The smallest absolute Gasteiger partial charge is 0.370 e. The molecule has 0 saturated heterocycles. The quantitative estimate of drug-likeness (QED) is 0.680. The number of hydrogen-bond acceptors (Lipinski definition) is 4. The average molecular weight is 294 g/mol. The van der Waals surface area contributed by atoms with Crippen molar-refractivity contribution in [3.05, 3.63) is 17.5 Å². The summed E-state index contributed by atoms with van der Waals surface area (Å²) >= 11 is 5.80. The second-order valence-electron chi connectivity index (χ2n) is 3.94. The van der Waals surface area contributed by atoms with E-state index in [0.29, 0.717) is 24.6 Å². The maximum atomic E-state index is 12.0. The van der Waals surface area contributed by atoms with Crippen LogP contribution in [-0.4, -0.2) is 32.3 Å². The number of alkyl halides is 3. The first-order chi connectivity index (χ1) is 8.96. The average Bonchev–Trinajstić information content (AvgIpc) is 2.74. The minimum atomic E-state index is -4.10. The van der Waals surface area contributed by atoms with Crippen molar-refractivity contribution in [3.8, 4) is 0 Å². The maximum absolute atomic E-state index is 12.0. The highest BCUT2D eigenvalue weighted by Gasteiger charge is 2.25. The van der Waals surface area contributed by atoms with Crippen LogP contribution in [0, 0.1) is 0 Å². The molecule has 0 fully saturated rings. The van der Waals surface area contributed by atoms with Crippen molar-refractivity contribution < 1.29 is 13.2 Å². The highest BCUT2D eigenvalue weighted by atomic mass is 35.5. The van der Waals surface area contributed by atoms with E-state index in [4.69, 9.17) is 11.6 Å². The molecule has 0 unspecified atom stereocenters. The summed E-state index contributed by atoms with van der Waals surface area (Å²) in [6.45, 7) is 0.394. The molecule has 0 bridgehead atoms. The Morgan fingerprint density at radius 3 is 2.84 bits per heavy atom. The van der Waals surface area contributed by atoms with Gasteiger partial charge in [-0.05, 0) is 12.8 Å². The van der Waals surface area contributed by atoms with Gasteiger partial charge in [0, 0.05) is 19.0 Å². The SMILES string of the molecule is FC(F)(F)CCCCNc1cc(Cl)nc2ncnn12. The molecule has 0 aliphatic rings. The van der Waals surface area contributed by atoms with E-state index in [0.717, 1.165) is 0 Å². The van der Waals surface area contributed by atoms with E-state index < -0.39 is 12.6 Å². The van der Waals surface area contributed by atoms with Crippen LogP contribution >= 0.6 is 11.6 Å². The number of nitrogens with one attached hydrogen (secondary N) is 1. The van der Waals surface area contributed by atoms with E-state index in [9.17, 15) is 13.2 Å². The number of hydrogen-bond donors (Lipinski definition) is 1. The summed E-state index contributed by atoms with van der Waals surface area (Å²) in [4.78, 5) is 7.82. The topological polar surface area (TPSA) is 55.1 Å². The molecule has 104 valence electrons. The number of rotatable bonds is 5. The molecular formula is C10H11ClF3N5. The van der Waals surface area contributed by atoms with Crippen LogP contribution in [0.2, 0.25) is 5.15 Å². The second kappa shape index (κ2) is 5.60. The van der Waals surface area contributed by atoms with Gasteiger partial charge in [0.15, 0.2) is 0 Å². The zero-order chi connectivity index (χ0) is 13.9. The molecule has 19 heavy (non-hydrogen) atoms. The monoisotopic (exact) mass is 293 g/mol. The van der Waals surface area contributed by atoms with Gasteiger partial charge in [0.2, 0.25) is 0 Å². The Kier molecular flexibility index (Phi) is 4.08. The molecule has 0 aliphatic carbocycles. The van der Waals surface area contributed by atoms with E-state index in [1.54, 1.807) is 6.07 Å². The highest BCUT2D eigenvalue weighted by Crippen LogP contribution is 2.22. The zero-order valence-corrected chi connectivity index (χ0v) is 10.5. The Labute approximate surface area is 111 Å². The van der Waals surface area contributed by atoms with Gasteiger partial charge in [0.1, 0.15) is 17.3 Å². The molecule has 5 nitrogen and oxygen atoms in total. The molecule has 2 rings (SSSR count). The summed E-state index contributed by atoms with van der Waals surface area (Å²) in [6.07, 6.45) is -3.07. The minimum absolute atomic E-state index is 0.0792. The molecule has 0 radical (unpaired) electrons. The molecule has 1 N–H and O–H groups in total. The molecule has 0 atom stereocenters. The number of halogens is 4. The van der Waals surface area contributed by atoms with Gasteiger partial charge in [-0.1, -0.05) is 11.6 Å². The van der Waals surface area contributed by atoms with Gasteiger partial charge in [0.25, 0.3) is 5.78 Å². The Morgan fingerprint density at radius 1 is 1.32 bits per heavy atom. The van der Waals surface area contributed by atoms with E-state index in [2.05, 4.69) is 20.4 Å². The Bertz CT molecular complexity index is 554. The predicted octanol–water partition coefficient (Wildman–Crippen LogP) is 2.92. The molecule has 0 amide bonds. The van der Waals surface area contributed by atoms with Gasteiger partial charge in [-0.25, -0.2) is 0 Å². The van der Waals surface area contributed by atoms with E-state index >= 15 is 0 Å². The molecule has 0 saturated carbocycles. The number of unbranched alkanes of at least 4 members (excludes halogenated alkanes) is 1. The molecular weight excluding hydrogens is 283 g/mol.